The van der Waals surface area contributed by atoms with Gasteiger partial charge in [0, 0.05) is 11.4 Å². The first-order chi connectivity index (χ1) is 10.2. The van der Waals surface area contributed by atoms with Crippen LogP contribution >= 0.6 is 22.9 Å². The second-order valence-electron chi connectivity index (χ2n) is 4.22. The van der Waals surface area contributed by atoms with Crippen LogP contribution in [0, 0.1) is 11.3 Å². The van der Waals surface area contributed by atoms with Crippen LogP contribution in [0.4, 0.5) is 0 Å². The Morgan fingerprint density at radius 3 is 2.95 bits per heavy atom. The van der Waals surface area contributed by atoms with Gasteiger partial charge >= 0.3 is 0 Å². The van der Waals surface area contributed by atoms with Crippen LogP contribution in [0.2, 0.25) is 5.02 Å². The van der Waals surface area contributed by atoms with Gasteiger partial charge in [-0.3, -0.25) is 4.79 Å². The zero-order valence-electron chi connectivity index (χ0n) is 11.1. The van der Waals surface area contributed by atoms with E-state index in [4.69, 9.17) is 21.6 Å². The second kappa shape index (κ2) is 7.67. The van der Waals surface area contributed by atoms with E-state index in [9.17, 15) is 4.79 Å². The number of nitriles is 1. The third kappa shape index (κ3) is 4.78. The van der Waals surface area contributed by atoms with Crippen molar-refractivity contribution in [2.75, 3.05) is 13.2 Å². The Kier molecular flexibility index (Phi) is 5.61. The molecule has 0 spiro atoms. The molecule has 1 heterocycles. The molecule has 0 aliphatic heterocycles. The standard InChI is InChI=1S/C15H13ClN2O2S/c16-13-8-11(9-17)3-4-14(13)20-10-15(19)18-6-5-12-2-1-7-21-12/h1-4,7-8H,5-6,10H2,(H,18,19). The molecule has 0 atom stereocenters. The summed E-state index contributed by atoms with van der Waals surface area (Å²) in [7, 11) is 0. The predicted octanol–water partition coefficient (Wildman–Crippen LogP) is 3.01. The molecule has 0 fully saturated rings. The summed E-state index contributed by atoms with van der Waals surface area (Å²) in [6.07, 6.45) is 0.807. The van der Waals surface area contributed by atoms with E-state index in [1.807, 2.05) is 23.6 Å². The number of carbonyl (C=O) groups is 1. The molecule has 0 bridgehead atoms. The van der Waals surface area contributed by atoms with Crippen LogP contribution in [0.15, 0.2) is 35.7 Å². The number of hydrogen-bond acceptors (Lipinski definition) is 4. The van der Waals surface area contributed by atoms with Gasteiger partial charge in [0.05, 0.1) is 16.7 Å². The van der Waals surface area contributed by atoms with Crippen LogP contribution < -0.4 is 10.1 Å². The summed E-state index contributed by atoms with van der Waals surface area (Å²) < 4.78 is 5.34. The third-order valence-corrected chi connectivity index (χ3v) is 3.92. The van der Waals surface area contributed by atoms with Gasteiger partial charge in [0.2, 0.25) is 0 Å². The molecule has 0 aliphatic carbocycles. The topological polar surface area (TPSA) is 62.1 Å². The van der Waals surface area contributed by atoms with E-state index < -0.39 is 0 Å². The van der Waals surface area contributed by atoms with E-state index in [0.717, 1.165) is 6.42 Å². The summed E-state index contributed by atoms with van der Waals surface area (Å²) in [4.78, 5) is 12.9. The van der Waals surface area contributed by atoms with Crippen LogP contribution in [0.1, 0.15) is 10.4 Å². The van der Waals surface area contributed by atoms with E-state index in [0.29, 0.717) is 22.9 Å². The first-order valence-corrected chi connectivity index (χ1v) is 7.56. The minimum atomic E-state index is -0.202. The predicted molar refractivity (Wildman–Crippen MR) is 82.7 cm³/mol. The molecule has 4 nitrogen and oxygen atoms in total. The molecule has 0 saturated heterocycles. The summed E-state index contributed by atoms with van der Waals surface area (Å²) in [5, 5.41) is 13.8. The maximum Gasteiger partial charge on any atom is 0.257 e. The van der Waals surface area contributed by atoms with Crippen LogP contribution in [0.3, 0.4) is 0 Å². The van der Waals surface area contributed by atoms with Gasteiger partial charge in [0.1, 0.15) is 5.75 Å². The molecule has 0 radical (unpaired) electrons. The Balaban J connectivity index is 1.75. The van der Waals surface area contributed by atoms with Gasteiger partial charge in [-0.15, -0.1) is 11.3 Å². The minimum Gasteiger partial charge on any atom is -0.482 e. The van der Waals surface area contributed by atoms with E-state index in [-0.39, 0.29) is 12.5 Å². The van der Waals surface area contributed by atoms with Crippen molar-refractivity contribution in [2.45, 2.75) is 6.42 Å². The average molecular weight is 321 g/mol. The third-order valence-electron chi connectivity index (χ3n) is 2.69. The van der Waals surface area contributed by atoms with Crippen LogP contribution in [-0.4, -0.2) is 19.1 Å². The fourth-order valence-corrected chi connectivity index (χ4v) is 2.61. The normalized spacial score (nSPS) is 9.90. The van der Waals surface area contributed by atoms with Gasteiger partial charge in [0.15, 0.2) is 6.61 Å². The molecule has 2 aromatic rings. The Morgan fingerprint density at radius 2 is 2.29 bits per heavy atom. The van der Waals surface area contributed by atoms with Gasteiger partial charge in [-0.2, -0.15) is 5.26 Å². The molecular formula is C15H13ClN2O2S. The van der Waals surface area contributed by atoms with Crippen molar-refractivity contribution in [3.63, 3.8) is 0 Å². The fourth-order valence-electron chi connectivity index (χ4n) is 1.66. The largest absolute Gasteiger partial charge is 0.482 e. The summed E-state index contributed by atoms with van der Waals surface area (Å²) in [5.74, 6) is 0.191. The van der Waals surface area contributed by atoms with Crippen molar-refractivity contribution in [1.82, 2.24) is 5.32 Å². The average Bonchev–Trinajstić information content (AvgIpc) is 2.99. The number of halogens is 1. The number of rotatable bonds is 6. The first kappa shape index (κ1) is 15.4. The van der Waals surface area contributed by atoms with Crippen molar-refractivity contribution in [1.29, 1.82) is 5.26 Å². The number of thiophene rings is 1. The summed E-state index contributed by atoms with van der Waals surface area (Å²) in [6, 6.07) is 10.7. The highest BCUT2D eigenvalue weighted by atomic mass is 35.5. The summed E-state index contributed by atoms with van der Waals surface area (Å²) >= 11 is 7.62. The molecule has 1 N–H and O–H groups in total. The second-order valence-corrected chi connectivity index (χ2v) is 5.66. The SMILES string of the molecule is N#Cc1ccc(OCC(=O)NCCc2cccs2)c(Cl)c1. The van der Waals surface area contributed by atoms with Crippen molar-refractivity contribution in [3.8, 4) is 11.8 Å². The van der Waals surface area contributed by atoms with Crippen LogP contribution in [0.25, 0.3) is 0 Å². The summed E-state index contributed by atoms with van der Waals surface area (Å²) in [5.41, 5.74) is 0.452. The highest BCUT2D eigenvalue weighted by Gasteiger charge is 2.06. The van der Waals surface area contributed by atoms with Gasteiger partial charge in [0.25, 0.3) is 5.91 Å². The molecule has 108 valence electrons. The Morgan fingerprint density at radius 1 is 1.43 bits per heavy atom. The van der Waals surface area contributed by atoms with Crippen molar-refractivity contribution >= 4 is 28.8 Å². The molecule has 21 heavy (non-hydrogen) atoms. The van der Waals surface area contributed by atoms with E-state index in [1.165, 1.54) is 10.9 Å². The number of nitrogens with zero attached hydrogens (tertiary/aromatic N) is 1. The molecule has 0 saturated carbocycles. The monoisotopic (exact) mass is 320 g/mol. The minimum absolute atomic E-state index is 0.101. The first-order valence-electron chi connectivity index (χ1n) is 6.30. The number of nitrogens with one attached hydrogen (secondary N) is 1. The lowest BCUT2D eigenvalue weighted by Gasteiger charge is -2.08. The van der Waals surface area contributed by atoms with Gasteiger partial charge < -0.3 is 10.1 Å². The molecule has 0 unspecified atom stereocenters. The lowest BCUT2D eigenvalue weighted by Crippen LogP contribution is -2.30. The number of benzene rings is 1. The molecule has 6 heteroatoms. The number of amides is 1. The lowest BCUT2D eigenvalue weighted by molar-refractivity contribution is -0.123. The molecule has 1 aromatic carbocycles. The number of ether oxygens (including phenoxy) is 1. The van der Waals surface area contributed by atoms with E-state index >= 15 is 0 Å². The molecule has 2 rings (SSSR count). The maximum atomic E-state index is 11.7. The lowest BCUT2D eigenvalue weighted by atomic mass is 10.2. The fraction of sp³-hybridized carbons (Fsp3) is 0.200. The van der Waals surface area contributed by atoms with Gasteiger partial charge in [-0.1, -0.05) is 17.7 Å². The Bertz CT molecular complexity index is 650. The van der Waals surface area contributed by atoms with Crippen molar-refractivity contribution in [2.24, 2.45) is 0 Å². The number of carbonyl (C=O) groups excluding carboxylic acids is 1. The van der Waals surface area contributed by atoms with Crippen molar-refractivity contribution in [3.05, 3.63) is 51.2 Å². The van der Waals surface area contributed by atoms with Crippen LogP contribution in [-0.2, 0) is 11.2 Å². The van der Waals surface area contributed by atoms with Gasteiger partial charge in [-0.05, 0) is 36.1 Å². The molecular weight excluding hydrogens is 308 g/mol. The van der Waals surface area contributed by atoms with Crippen molar-refractivity contribution < 1.29 is 9.53 Å². The zero-order chi connectivity index (χ0) is 15.1. The van der Waals surface area contributed by atoms with Crippen LogP contribution in [0.5, 0.6) is 5.75 Å². The quantitative estimate of drug-likeness (QED) is 0.890. The summed E-state index contributed by atoms with van der Waals surface area (Å²) in [6.45, 7) is 0.472. The van der Waals surface area contributed by atoms with E-state index in [1.54, 1.807) is 23.5 Å². The maximum absolute atomic E-state index is 11.7. The zero-order valence-corrected chi connectivity index (χ0v) is 12.7. The smallest absolute Gasteiger partial charge is 0.257 e. The Hall–Kier alpha value is -2.03. The molecule has 1 aromatic heterocycles. The highest BCUT2D eigenvalue weighted by Crippen LogP contribution is 2.24. The highest BCUT2D eigenvalue weighted by molar-refractivity contribution is 7.09. The van der Waals surface area contributed by atoms with E-state index in [2.05, 4.69) is 5.32 Å². The Labute approximate surface area is 131 Å². The molecule has 0 aliphatic rings. The van der Waals surface area contributed by atoms with Gasteiger partial charge in [-0.25, -0.2) is 0 Å². The molecule has 1 amide bonds. The number of hydrogen-bond donors (Lipinski definition) is 1.